The van der Waals surface area contributed by atoms with Crippen molar-refractivity contribution in [2.45, 2.75) is 12.6 Å². The Kier molecular flexibility index (Phi) is 4.75. The SMILES string of the molecule is CN(C)CCn1ncc(Cl)c1C(O)c1cccc(F)c1. The minimum atomic E-state index is -0.997. The summed E-state index contributed by atoms with van der Waals surface area (Å²) < 4.78 is 14.9. The van der Waals surface area contributed by atoms with Crippen LogP contribution in [0.1, 0.15) is 17.4 Å². The Bertz CT molecular complexity index is 586. The lowest BCUT2D eigenvalue weighted by molar-refractivity contribution is 0.205. The van der Waals surface area contributed by atoms with Crippen molar-refractivity contribution < 1.29 is 9.50 Å². The Hall–Kier alpha value is -1.43. The van der Waals surface area contributed by atoms with Crippen LogP contribution in [-0.2, 0) is 6.54 Å². The van der Waals surface area contributed by atoms with Crippen LogP contribution in [0, 0.1) is 5.82 Å². The summed E-state index contributed by atoms with van der Waals surface area (Å²) in [5, 5.41) is 14.9. The summed E-state index contributed by atoms with van der Waals surface area (Å²) in [5.41, 5.74) is 0.942. The van der Waals surface area contributed by atoms with Gasteiger partial charge in [0.25, 0.3) is 0 Å². The maximum absolute atomic E-state index is 13.3. The minimum Gasteiger partial charge on any atom is -0.382 e. The summed E-state index contributed by atoms with van der Waals surface area (Å²) in [4.78, 5) is 2.01. The summed E-state index contributed by atoms with van der Waals surface area (Å²) in [7, 11) is 3.90. The fraction of sp³-hybridized carbons (Fsp3) is 0.357. The van der Waals surface area contributed by atoms with Gasteiger partial charge in [-0.15, -0.1) is 0 Å². The molecule has 0 fully saturated rings. The van der Waals surface area contributed by atoms with Crippen LogP contribution in [0.15, 0.2) is 30.5 Å². The fourth-order valence-corrected chi connectivity index (χ4v) is 2.20. The molecule has 1 N–H and O–H groups in total. The van der Waals surface area contributed by atoms with E-state index >= 15 is 0 Å². The van der Waals surface area contributed by atoms with E-state index in [-0.39, 0.29) is 0 Å². The standard InChI is InChI=1S/C14H17ClFN3O/c1-18(2)6-7-19-13(12(15)9-17-19)14(20)10-4-3-5-11(16)8-10/h3-5,8-9,14,20H,6-7H2,1-2H3. The van der Waals surface area contributed by atoms with Crippen LogP contribution in [0.4, 0.5) is 4.39 Å². The maximum Gasteiger partial charge on any atom is 0.123 e. The van der Waals surface area contributed by atoms with Crippen molar-refractivity contribution in [1.29, 1.82) is 0 Å². The van der Waals surface area contributed by atoms with Crippen molar-refractivity contribution in [3.63, 3.8) is 0 Å². The van der Waals surface area contributed by atoms with Gasteiger partial charge in [-0.3, -0.25) is 4.68 Å². The minimum absolute atomic E-state index is 0.375. The molecule has 0 saturated heterocycles. The number of aromatic nitrogens is 2. The van der Waals surface area contributed by atoms with Crippen LogP contribution >= 0.6 is 11.6 Å². The highest BCUT2D eigenvalue weighted by atomic mass is 35.5. The summed E-state index contributed by atoms with van der Waals surface area (Å²) >= 11 is 6.09. The lowest BCUT2D eigenvalue weighted by Crippen LogP contribution is -2.21. The van der Waals surface area contributed by atoms with E-state index in [0.29, 0.717) is 22.8 Å². The monoisotopic (exact) mass is 297 g/mol. The maximum atomic E-state index is 13.3. The fourth-order valence-electron chi connectivity index (χ4n) is 1.95. The topological polar surface area (TPSA) is 41.3 Å². The number of hydrogen-bond donors (Lipinski definition) is 1. The van der Waals surface area contributed by atoms with Gasteiger partial charge in [-0.25, -0.2) is 4.39 Å². The zero-order valence-corrected chi connectivity index (χ0v) is 12.2. The number of aliphatic hydroxyl groups excluding tert-OH is 1. The van der Waals surface area contributed by atoms with Crippen LogP contribution in [0.2, 0.25) is 5.02 Å². The summed E-state index contributed by atoms with van der Waals surface area (Å²) in [5.74, 6) is -0.392. The van der Waals surface area contributed by atoms with Gasteiger partial charge in [-0.2, -0.15) is 5.10 Å². The third kappa shape index (κ3) is 3.36. The molecular formula is C14H17ClFN3O. The number of likely N-dealkylation sites (N-methyl/N-ethyl adjacent to an activating group) is 1. The van der Waals surface area contributed by atoms with Crippen LogP contribution < -0.4 is 0 Å². The molecule has 0 saturated carbocycles. The van der Waals surface area contributed by atoms with E-state index in [1.54, 1.807) is 16.8 Å². The molecule has 1 aromatic heterocycles. The lowest BCUT2D eigenvalue weighted by atomic mass is 10.1. The molecule has 2 rings (SSSR count). The van der Waals surface area contributed by atoms with Gasteiger partial charge in [0.1, 0.15) is 11.9 Å². The van der Waals surface area contributed by atoms with Gasteiger partial charge in [0.15, 0.2) is 0 Å². The van der Waals surface area contributed by atoms with E-state index in [2.05, 4.69) is 5.10 Å². The van der Waals surface area contributed by atoms with Crippen LogP contribution in [0.3, 0.4) is 0 Å². The van der Waals surface area contributed by atoms with E-state index in [1.165, 1.54) is 18.3 Å². The first-order valence-corrected chi connectivity index (χ1v) is 6.66. The summed E-state index contributed by atoms with van der Waals surface area (Å²) in [6.45, 7) is 1.36. The number of halogens is 2. The van der Waals surface area contributed by atoms with Gasteiger partial charge in [0.2, 0.25) is 0 Å². The molecule has 1 unspecified atom stereocenters. The number of rotatable bonds is 5. The number of benzene rings is 1. The molecule has 1 heterocycles. The highest BCUT2D eigenvalue weighted by Crippen LogP contribution is 2.28. The first-order chi connectivity index (χ1) is 9.49. The van der Waals surface area contributed by atoms with Crippen LogP contribution in [-0.4, -0.2) is 40.4 Å². The second kappa shape index (κ2) is 6.35. The van der Waals surface area contributed by atoms with Crippen LogP contribution in [0.5, 0.6) is 0 Å². The molecule has 6 heteroatoms. The number of hydrogen-bond acceptors (Lipinski definition) is 3. The van der Waals surface area contributed by atoms with Gasteiger partial charge >= 0.3 is 0 Å². The van der Waals surface area contributed by atoms with E-state index in [4.69, 9.17) is 11.6 Å². The Labute approximate surface area is 122 Å². The molecule has 4 nitrogen and oxygen atoms in total. The largest absolute Gasteiger partial charge is 0.382 e. The van der Waals surface area contributed by atoms with E-state index < -0.39 is 11.9 Å². The van der Waals surface area contributed by atoms with E-state index in [0.717, 1.165) is 6.54 Å². The molecule has 1 aromatic carbocycles. The zero-order chi connectivity index (χ0) is 14.7. The van der Waals surface area contributed by atoms with Gasteiger partial charge in [0.05, 0.1) is 23.5 Å². The zero-order valence-electron chi connectivity index (χ0n) is 11.4. The van der Waals surface area contributed by atoms with E-state index in [1.807, 2.05) is 19.0 Å². The molecular weight excluding hydrogens is 281 g/mol. The van der Waals surface area contributed by atoms with Crippen molar-refractivity contribution in [1.82, 2.24) is 14.7 Å². The number of aliphatic hydroxyl groups is 1. The molecule has 2 aromatic rings. The Morgan fingerprint density at radius 3 is 2.85 bits per heavy atom. The molecule has 0 aliphatic rings. The molecule has 0 bridgehead atoms. The first-order valence-electron chi connectivity index (χ1n) is 6.28. The average Bonchev–Trinajstić information content (AvgIpc) is 2.76. The summed E-state index contributed by atoms with van der Waals surface area (Å²) in [6, 6.07) is 5.85. The Balaban J connectivity index is 2.29. The predicted octanol–water partition coefficient (Wildman–Crippen LogP) is 2.32. The van der Waals surface area contributed by atoms with Crippen molar-refractivity contribution in [2.24, 2.45) is 0 Å². The van der Waals surface area contributed by atoms with Gasteiger partial charge in [-0.05, 0) is 31.8 Å². The molecule has 0 aliphatic carbocycles. The second-order valence-corrected chi connectivity index (χ2v) is 5.27. The summed E-state index contributed by atoms with van der Waals surface area (Å²) in [6.07, 6.45) is 0.498. The van der Waals surface area contributed by atoms with Gasteiger partial charge in [-0.1, -0.05) is 23.7 Å². The lowest BCUT2D eigenvalue weighted by Gasteiger charge is -2.16. The Morgan fingerprint density at radius 1 is 1.45 bits per heavy atom. The van der Waals surface area contributed by atoms with Gasteiger partial charge in [0, 0.05) is 6.54 Å². The molecule has 0 amide bonds. The molecule has 0 aliphatic heterocycles. The number of nitrogens with zero attached hydrogens (tertiary/aromatic N) is 3. The molecule has 0 spiro atoms. The first kappa shape index (κ1) is 15.0. The molecule has 108 valence electrons. The second-order valence-electron chi connectivity index (χ2n) is 4.86. The molecule has 0 radical (unpaired) electrons. The van der Waals surface area contributed by atoms with Crippen molar-refractivity contribution in [3.8, 4) is 0 Å². The third-order valence-corrected chi connectivity index (χ3v) is 3.31. The van der Waals surface area contributed by atoms with E-state index in [9.17, 15) is 9.50 Å². The molecule has 1 atom stereocenters. The van der Waals surface area contributed by atoms with Crippen molar-refractivity contribution >= 4 is 11.6 Å². The van der Waals surface area contributed by atoms with Gasteiger partial charge < -0.3 is 10.0 Å². The quantitative estimate of drug-likeness (QED) is 0.921. The molecule has 20 heavy (non-hydrogen) atoms. The Morgan fingerprint density at radius 2 is 2.20 bits per heavy atom. The normalized spacial score (nSPS) is 12.9. The van der Waals surface area contributed by atoms with Crippen molar-refractivity contribution in [3.05, 3.63) is 52.6 Å². The average molecular weight is 298 g/mol. The highest BCUT2D eigenvalue weighted by Gasteiger charge is 2.20. The highest BCUT2D eigenvalue weighted by molar-refractivity contribution is 6.31. The van der Waals surface area contributed by atoms with Crippen LogP contribution in [0.25, 0.3) is 0 Å². The predicted molar refractivity (Wildman–Crippen MR) is 76.3 cm³/mol. The van der Waals surface area contributed by atoms with Crippen molar-refractivity contribution in [2.75, 3.05) is 20.6 Å². The smallest absolute Gasteiger partial charge is 0.123 e. The third-order valence-electron chi connectivity index (χ3n) is 3.02.